The van der Waals surface area contributed by atoms with Crippen molar-refractivity contribution < 1.29 is 27.8 Å². The van der Waals surface area contributed by atoms with Gasteiger partial charge >= 0.3 is 12.1 Å². The first-order chi connectivity index (χ1) is 14.9. The van der Waals surface area contributed by atoms with Crippen molar-refractivity contribution in [2.45, 2.75) is 50.1 Å². The highest BCUT2D eigenvalue weighted by atomic mass is 32.2. The highest BCUT2D eigenvalue weighted by Crippen LogP contribution is 2.31. The summed E-state index contributed by atoms with van der Waals surface area (Å²) >= 11 is 1.51. The van der Waals surface area contributed by atoms with Crippen molar-refractivity contribution in [3.63, 3.8) is 0 Å². The average Bonchev–Trinajstić information content (AvgIpc) is 3.08. The van der Waals surface area contributed by atoms with Gasteiger partial charge in [0.2, 0.25) is 0 Å². The molecule has 0 atom stereocenters. The molecule has 0 unspecified atom stereocenters. The molecule has 0 bridgehead atoms. The minimum atomic E-state index is -4.39. The number of nitrogens with zero attached hydrogens (tertiary/aromatic N) is 3. The van der Waals surface area contributed by atoms with E-state index in [1.54, 1.807) is 13.0 Å². The predicted octanol–water partition coefficient (Wildman–Crippen LogP) is 5.44. The Kier molecular flexibility index (Phi) is 6.54. The molecule has 10 heteroatoms. The van der Waals surface area contributed by atoms with Gasteiger partial charge < -0.3 is 9.84 Å². The molecule has 0 aliphatic rings. The Morgan fingerprint density at radius 3 is 2.31 bits per heavy atom. The van der Waals surface area contributed by atoms with Crippen LogP contribution in [0.3, 0.4) is 0 Å². The molecule has 0 amide bonds. The van der Waals surface area contributed by atoms with Crippen LogP contribution >= 0.6 is 11.8 Å². The van der Waals surface area contributed by atoms with E-state index in [4.69, 9.17) is 4.74 Å². The molecule has 1 N–H and O–H groups in total. The van der Waals surface area contributed by atoms with Gasteiger partial charge in [-0.25, -0.2) is 4.79 Å². The van der Waals surface area contributed by atoms with E-state index in [9.17, 15) is 23.1 Å². The topological polar surface area (TPSA) is 77.2 Å². The second-order valence-electron chi connectivity index (χ2n) is 7.70. The van der Waals surface area contributed by atoms with Crippen LogP contribution in [-0.4, -0.2) is 31.7 Å². The van der Waals surface area contributed by atoms with Crippen molar-refractivity contribution in [1.29, 1.82) is 0 Å². The van der Waals surface area contributed by atoms with Crippen LogP contribution in [0.2, 0.25) is 0 Å². The third-order valence-corrected chi connectivity index (χ3v) is 5.71. The van der Waals surface area contributed by atoms with Crippen LogP contribution in [0.15, 0.2) is 47.4 Å². The average molecular weight is 465 g/mol. The molecule has 0 saturated carbocycles. The number of rotatable bonds is 7. The molecule has 170 valence electrons. The zero-order valence-corrected chi connectivity index (χ0v) is 18.7. The van der Waals surface area contributed by atoms with Gasteiger partial charge in [0.1, 0.15) is 5.75 Å². The molecule has 2 aromatic carbocycles. The molecule has 32 heavy (non-hydrogen) atoms. The number of alkyl halides is 3. The monoisotopic (exact) mass is 465 g/mol. The van der Waals surface area contributed by atoms with E-state index in [1.165, 1.54) is 42.5 Å². The maximum absolute atomic E-state index is 12.7. The number of carboxylic acids is 1. The zero-order chi connectivity index (χ0) is 23.7. The first-order valence-corrected chi connectivity index (χ1v) is 10.6. The largest absolute Gasteiger partial charge is 0.478 e. The number of aryl methyl sites for hydroxylation is 2. The Balaban J connectivity index is 1.70. The van der Waals surface area contributed by atoms with Crippen LogP contribution < -0.4 is 4.74 Å². The summed E-state index contributed by atoms with van der Waals surface area (Å²) in [5, 5.41) is 17.9. The Labute approximate surface area is 187 Å². The zero-order valence-electron chi connectivity index (χ0n) is 17.9. The molecule has 1 aromatic heterocycles. The van der Waals surface area contributed by atoms with Crippen molar-refractivity contribution in [3.8, 4) is 11.4 Å². The number of halogens is 3. The summed E-state index contributed by atoms with van der Waals surface area (Å²) in [4.78, 5) is 13.5. The van der Waals surface area contributed by atoms with Crippen molar-refractivity contribution in [2.75, 3.05) is 0 Å². The van der Waals surface area contributed by atoms with E-state index in [1.807, 2.05) is 19.1 Å². The summed E-state index contributed by atoms with van der Waals surface area (Å²) < 4.78 is 43.8. The third kappa shape index (κ3) is 5.42. The van der Waals surface area contributed by atoms with Crippen LogP contribution in [-0.2, 0) is 16.7 Å². The molecule has 6 nitrogen and oxygen atoms in total. The van der Waals surface area contributed by atoms with Gasteiger partial charge in [-0.3, -0.25) is 0 Å². The van der Waals surface area contributed by atoms with Gasteiger partial charge in [-0.15, -0.1) is 11.8 Å². The minimum Gasteiger partial charge on any atom is -0.478 e. The number of hydrogen-bond acceptors (Lipinski definition) is 5. The lowest BCUT2D eigenvalue weighted by Gasteiger charge is -2.23. The summed E-state index contributed by atoms with van der Waals surface area (Å²) in [6.45, 7) is 6.60. The SMILES string of the molecule is Cc1cc(SCc2nn(-c3ccc(C(F)(F)F)cc3)nc2C)ccc1OC(C)(C)C(=O)O. The van der Waals surface area contributed by atoms with E-state index in [-0.39, 0.29) is 0 Å². The maximum atomic E-state index is 12.7. The van der Waals surface area contributed by atoms with Crippen molar-refractivity contribution in [1.82, 2.24) is 15.0 Å². The fourth-order valence-corrected chi connectivity index (χ4v) is 3.73. The van der Waals surface area contributed by atoms with Gasteiger partial charge in [-0.05, 0) is 75.7 Å². The van der Waals surface area contributed by atoms with Gasteiger partial charge in [0.05, 0.1) is 22.6 Å². The quantitative estimate of drug-likeness (QED) is 0.469. The van der Waals surface area contributed by atoms with Crippen molar-refractivity contribution in [2.24, 2.45) is 0 Å². The first-order valence-electron chi connectivity index (χ1n) is 9.63. The number of carbonyl (C=O) groups is 1. The number of thioether (sulfide) groups is 1. The first kappa shape index (κ1) is 23.6. The molecule has 0 aliphatic heterocycles. The van der Waals surface area contributed by atoms with E-state index in [2.05, 4.69) is 10.2 Å². The number of ether oxygens (including phenoxy) is 1. The highest BCUT2D eigenvalue weighted by Gasteiger charge is 2.30. The number of aliphatic carboxylic acids is 1. The van der Waals surface area contributed by atoms with Crippen molar-refractivity contribution in [3.05, 3.63) is 65.0 Å². The summed E-state index contributed by atoms with van der Waals surface area (Å²) in [6, 6.07) is 10.1. The lowest BCUT2D eigenvalue weighted by atomic mass is 10.1. The molecule has 0 saturated heterocycles. The smallest absolute Gasteiger partial charge is 0.416 e. The van der Waals surface area contributed by atoms with Crippen LogP contribution in [0.25, 0.3) is 5.69 Å². The van der Waals surface area contributed by atoms with Crippen molar-refractivity contribution >= 4 is 17.7 Å². The summed E-state index contributed by atoms with van der Waals surface area (Å²) in [6.07, 6.45) is -4.39. The molecular formula is C22H22F3N3O3S. The Hall–Kier alpha value is -3.01. The van der Waals surface area contributed by atoms with Crippen LogP contribution in [0, 0.1) is 13.8 Å². The van der Waals surface area contributed by atoms with E-state index in [0.717, 1.165) is 22.6 Å². The van der Waals surface area contributed by atoms with Gasteiger partial charge in [-0.1, -0.05) is 0 Å². The maximum Gasteiger partial charge on any atom is 0.416 e. The summed E-state index contributed by atoms with van der Waals surface area (Å²) in [7, 11) is 0. The van der Waals surface area contributed by atoms with Crippen LogP contribution in [0.5, 0.6) is 5.75 Å². The molecular weight excluding hydrogens is 443 g/mol. The van der Waals surface area contributed by atoms with Crippen LogP contribution in [0.1, 0.15) is 36.4 Å². The normalized spacial score (nSPS) is 12.1. The van der Waals surface area contributed by atoms with Gasteiger partial charge in [-0.2, -0.15) is 28.2 Å². The number of carboxylic acid groups (broad SMARTS) is 1. The third-order valence-electron chi connectivity index (χ3n) is 4.71. The second-order valence-corrected chi connectivity index (χ2v) is 8.75. The minimum absolute atomic E-state index is 0.441. The fraction of sp³-hybridized carbons (Fsp3) is 0.318. The Morgan fingerprint density at radius 1 is 1.09 bits per heavy atom. The number of aromatic nitrogens is 3. The summed E-state index contributed by atoms with van der Waals surface area (Å²) in [5.74, 6) is -0.0552. The van der Waals surface area contributed by atoms with E-state index < -0.39 is 23.3 Å². The second kappa shape index (κ2) is 8.85. The van der Waals surface area contributed by atoms with Gasteiger partial charge in [0, 0.05) is 10.6 Å². The van der Waals surface area contributed by atoms with Gasteiger partial charge in [0.25, 0.3) is 0 Å². The van der Waals surface area contributed by atoms with E-state index >= 15 is 0 Å². The predicted molar refractivity (Wildman–Crippen MR) is 114 cm³/mol. The Morgan fingerprint density at radius 2 is 1.75 bits per heavy atom. The molecule has 1 heterocycles. The summed E-state index contributed by atoms with van der Waals surface area (Å²) in [5.41, 5.74) is 0.561. The molecule has 0 aliphatic carbocycles. The van der Waals surface area contributed by atoms with E-state index in [0.29, 0.717) is 28.6 Å². The van der Waals surface area contributed by atoms with Gasteiger partial charge in [0.15, 0.2) is 5.60 Å². The molecule has 3 rings (SSSR count). The number of benzene rings is 2. The highest BCUT2D eigenvalue weighted by molar-refractivity contribution is 7.98. The van der Waals surface area contributed by atoms with Crippen LogP contribution in [0.4, 0.5) is 13.2 Å². The molecule has 3 aromatic rings. The number of hydrogen-bond donors (Lipinski definition) is 1. The Bertz CT molecular complexity index is 1130. The standard InChI is InChI=1S/C22H22F3N3O3S/c1-13-11-17(9-10-19(13)31-21(3,4)20(29)30)32-12-18-14(2)26-28(27-18)16-7-5-15(6-8-16)22(23,24)25/h5-11H,12H2,1-4H3,(H,29,30). The lowest BCUT2D eigenvalue weighted by molar-refractivity contribution is -0.152. The lowest BCUT2D eigenvalue weighted by Crippen LogP contribution is -2.38. The molecule has 0 radical (unpaired) electrons. The molecule has 0 spiro atoms. The fourth-order valence-electron chi connectivity index (χ4n) is 2.74. The molecule has 0 fully saturated rings.